The SMILES string of the molecule is CCCOC(=O)c1ccc(NC(=O)COC(=O)CCC(=O)Nc2ccc(C(C)=O)cc2)cc1. The number of hydrogen-bond acceptors (Lipinski definition) is 7. The van der Waals surface area contributed by atoms with Crippen molar-refractivity contribution in [3.05, 3.63) is 59.7 Å². The zero-order valence-electron chi connectivity index (χ0n) is 18.5. The Morgan fingerprint density at radius 3 is 1.82 bits per heavy atom. The molecule has 0 saturated carbocycles. The smallest absolute Gasteiger partial charge is 0.338 e. The van der Waals surface area contributed by atoms with E-state index in [0.29, 0.717) is 29.1 Å². The van der Waals surface area contributed by atoms with Crippen molar-refractivity contribution < 1.29 is 33.4 Å². The predicted molar refractivity (Wildman–Crippen MR) is 121 cm³/mol. The molecule has 0 aliphatic heterocycles. The molecule has 0 bridgehead atoms. The minimum atomic E-state index is -0.693. The lowest BCUT2D eigenvalue weighted by Crippen LogP contribution is -2.21. The van der Waals surface area contributed by atoms with Gasteiger partial charge in [-0.1, -0.05) is 6.92 Å². The number of hydrogen-bond donors (Lipinski definition) is 2. The molecule has 0 aromatic heterocycles. The van der Waals surface area contributed by atoms with E-state index < -0.39 is 30.4 Å². The fourth-order valence-electron chi connectivity index (χ4n) is 2.61. The monoisotopic (exact) mass is 454 g/mol. The summed E-state index contributed by atoms with van der Waals surface area (Å²) in [6.45, 7) is 3.17. The van der Waals surface area contributed by atoms with E-state index >= 15 is 0 Å². The maximum Gasteiger partial charge on any atom is 0.338 e. The minimum Gasteiger partial charge on any atom is -0.462 e. The Morgan fingerprint density at radius 2 is 1.27 bits per heavy atom. The maximum atomic E-state index is 12.0. The van der Waals surface area contributed by atoms with Crippen molar-refractivity contribution in [3.8, 4) is 0 Å². The third-order valence-electron chi connectivity index (χ3n) is 4.34. The molecule has 0 aliphatic carbocycles. The quantitative estimate of drug-likeness (QED) is 0.394. The van der Waals surface area contributed by atoms with Crippen LogP contribution in [0.5, 0.6) is 0 Å². The van der Waals surface area contributed by atoms with Crippen molar-refractivity contribution >= 4 is 40.9 Å². The number of carbonyl (C=O) groups is 5. The van der Waals surface area contributed by atoms with E-state index in [2.05, 4.69) is 10.6 Å². The summed E-state index contributed by atoms with van der Waals surface area (Å²) in [4.78, 5) is 58.7. The summed E-state index contributed by atoms with van der Waals surface area (Å²) in [6.07, 6.45) is 0.406. The zero-order chi connectivity index (χ0) is 24.2. The molecule has 0 fully saturated rings. The summed E-state index contributed by atoms with van der Waals surface area (Å²) >= 11 is 0. The van der Waals surface area contributed by atoms with Crippen LogP contribution in [-0.4, -0.2) is 42.7 Å². The molecule has 0 saturated heterocycles. The van der Waals surface area contributed by atoms with E-state index in [4.69, 9.17) is 9.47 Å². The van der Waals surface area contributed by atoms with Crippen LogP contribution in [0.25, 0.3) is 0 Å². The Kier molecular flexibility index (Phi) is 9.76. The van der Waals surface area contributed by atoms with Crippen LogP contribution >= 0.6 is 0 Å². The third kappa shape index (κ3) is 8.94. The van der Waals surface area contributed by atoms with E-state index in [-0.39, 0.29) is 18.6 Å². The Hall–Kier alpha value is -4.01. The lowest BCUT2D eigenvalue weighted by atomic mass is 10.1. The number of carbonyl (C=O) groups excluding carboxylic acids is 5. The molecular weight excluding hydrogens is 428 g/mol. The average molecular weight is 454 g/mol. The van der Waals surface area contributed by atoms with Crippen LogP contribution in [0, 0.1) is 0 Å². The molecule has 174 valence electrons. The molecule has 0 heterocycles. The summed E-state index contributed by atoms with van der Waals surface area (Å²) in [5, 5.41) is 5.16. The molecule has 2 N–H and O–H groups in total. The maximum absolute atomic E-state index is 12.0. The van der Waals surface area contributed by atoms with Crippen LogP contribution in [0.1, 0.15) is 53.8 Å². The van der Waals surface area contributed by atoms with Gasteiger partial charge in [-0.05, 0) is 61.9 Å². The highest BCUT2D eigenvalue weighted by Gasteiger charge is 2.12. The molecule has 0 atom stereocenters. The van der Waals surface area contributed by atoms with Gasteiger partial charge in [-0.15, -0.1) is 0 Å². The molecule has 0 spiro atoms. The number of rotatable bonds is 11. The summed E-state index contributed by atoms with van der Waals surface area (Å²) in [7, 11) is 0. The molecule has 0 unspecified atom stereocenters. The normalized spacial score (nSPS) is 10.1. The number of ether oxygens (including phenoxy) is 2. The standard InChI is InChI=1S/C24H26N2O7/c1-3-14-32-24(31)18-6-10-20(11-7-18)26-22(29)15-33-23(30)13-12-21(28)25-19-8-4-17(5-9-19)16(2)27/h4-11H,3,12-15H2,1-2H3,(H,25,28)(H,26,29). The second kappa shape index (κ2) is 12.7. The molecule has 2 aromatic carbocycles. The minimum absolute atomic E-state index is 0.0798. The molecule has 0 aliphatic rings. The predicted octanol–water partition coefficient (Wildman–Crippen LogP) is 3.36. The molecule has 33 heavy (non-hydrogen) atoms. The van der Waals surface area contributed by atoms with Crippen molar-refractivity contribution in [1.82, 2.24) is 0 Å². The number of anilines is 2. The molecule has 2 amide bonds. The number of Topliss-reactive ketones (excluding diaryl/α,β-unsaturated/α-hetero) is 1. The van der Waals surface area contributed by atoms with Gasteiger partial charge in [0.05, 0.1) is 18.6 Å². The van der Waals surface area contributed by atoms with Crippen LogP contribution in [0.15, 0.2) is 48.5 Å². The van der Waals surface area contributed by atoms with E-state index in [1.54, 1.807) is 24.3 Å². The first-order valence-electron chi connectivity index (χ1n) is 10.4. The second-order valence-electron chi connectivity index (χ2n) is 7.10. The van der Waals surface area contributed by atoms with E-state index in [1.165, 1.54) is 31.2 Å². The summed E-state index contributed by atoms with van der Waals surface area (Å²) in [5.41, 5.74) is 1.82. The van der Waals surface area contributed by atoms with Crippen LogP contribution in [0.3, 0.4) is 0 Å². The van der Waals surface area contributed by atoms with Gasteiger partial charge >= 0.3 is 11.9 Å². The summed E-state index contributed by atoms with van der Waals surface area (Å²) in [5.74, 6) is -2.17. The van der Waals surface area contributed by atoms with Crippen molar-refractivity contribution in [2.24, 2.45) is 0 Å². The first kappa shape index (κ1) is 25.3. The number of benzene rings is 2. The van der Waals surface area contributed by atoms with Gasteiger partial charge in [-0.3, -0.25) is 19.2 Å². The number of amides is 2. The van der Waals surface area contributed by atoms with Crippen molar-refractivity contribution in [1.29, 1.82) is 0 Å². The second-order valence-corrected chi connectivity index (χ2v) is 7.10. The number of nitrogens with one attached hydrogen (secondary N) is 2. The third-order valence-corrected chi connectivity index (χ3v) is 4.34. The van der Waals surface area contributed by atoms with Crippen molar-refractivity contribution in [3.63, 3.8) is 0 Å². The summed E-state index contributed by atoms with van der Waals surface area (Å²) < 4.78 is 9.91. The first-order chi connectivity index (χ1) is 15.8. The van der Waals surface area contributed by atoms with Gasteiger partial charge in [0.25, 0.3) is 5.91 Å². The Balaban J connectivity index is 1.69. The van der Waals surface area contributed by atoms with Crippen LogP contribution < -0.4 is 10.6 Å². The average Bonchev–Trinajstić information content (AvgIpc) is 2.80. The lowest BCUT2D eigenvalue weighted by Gasteiger charge is -2.08. The lowest BCUT2D eigenvalue weighted by molar-refractivity contribution is -0.147. The van der Waals surface area contributed by atoms with Gasteiger partial charge in [-0.25, -0.2) is 4.79 Å². The fourth-order valence-corrected chi connectivity index (χ4v) is 2.61. The van der Waals surface area contributed by atoms with E-state index in [1.807, 2.05) is 6.92 Å². The van der Waals surface area contributed by atoms with Gasteiger partial charge in [0, 0.05) is 23.4 Å². The van der Waals surface area contributed by atoms with Crippen LogP contribution in [0.4, 0.5) is 11.4 Å². The number of esters is 2. The molecular formula is C24H26N2O7. The molecule has 0 radical (unpaired) electrons. The van der Waals surface area contributed by atoms with E-state index in [9.17, 15) is 24.0 Å². The van der Waals surface area contributed by atoms with Gasteiger partial charge in [0.15, 0.2) is 12.4 Å². The number of ketones is 1. The Labute approximate surface area is 191 Å². The van der Waals surface area contributed by atoms with Gasteiger partial charge < -0.3 is 20.1 Å². The van der Waals surface area contributed by atoms with Crippen molar-refractivity contribution in [2.45, 2.75) is 33.1 Å². The highest BCUT2D eigenvalue weighted by molar-refractivity contribution is 5.97. The fraction of sp³-hybridized carbons (Fsp3) is 0.292. The van der Waals surface area contributed by atoms with Gasteiger partial charge in [0.2, 0.25) is 5.91 Å². The highest BCUT2D eigenvalue weighted by Crippen LogP contribution is 2.12. The molecule has 2 rings (SSSR count). The molecule has 2 aromatic rings. The topological polar surface area (TPSA) is 128 Å². The van der Waals surface area contributed by atoms with Crippen LogP contribution in [-0.2, 0) is 23.9 Å². The van der Waals surface area contributed by atoms with Crippen LogP contribution in [0.2, 0.25) is 0 Å². The Morgan fingerprint density at radius 1 is 0.727 bits per heavy atom. The van der Waals surface area contributed by atoms with Gasteiger partial charge in [0.1, 0.15) is 0 Å². The van der Waals surface area contributed by atoms with Crippen molar-refractivity contribution in [2.75, 3.05) is 23.8 Å². The molecule has 9 nitrogen and oxygen atoms in total. The Bertz CT molecular complexity index is 998. The molecule has 9 heteroatoms. The highest BCUT2D eigenvalue weighted by atomic mass is 16.5. The largest absolute Gasteiger partial charge is 0.462 e. The first-order valence-corrected chi connectivity index (χ1v) is 10.4. The van der Waals surface area contributed by atoms with Gasteiger partial charge in [-0.2, -0.15) is 0 Å². The zero-order valence-corrected chi connectivity index (χ0v) is 18.5. The summed E-state index contributed by atoms with van der Waals surface area (Å²) in [6, 6.07) is 12.5. The van der Waals surface area contributed by atoms with E-state index in [0.717, 1.165) is 6.42 Å².